The molecule has 0 heterocycles. The number of allylic oxidation sites excluding steroid dienone is 11. The molecular weight excluding hydrogens is 373 g/mol. The van der Waals surface area contributed by atoms with Crippen LogP contribution >= 0.6 is 8.07 Å². The van der Waals surface area contributed by atoms with E-state index in [1.54, 1.807) is 6.08 Å². The zero-order valence-electron chi connectivity index (χ0n) is 18.1. The van der Waals surface area contributed by atoms with Crippen LogP contribution in [0, 0.1) is 0 Å². The van der Waals surface area contributed by atoms with Gasteiger partial charge in [0.1, 0.15) is 11.7 Å². The number of unbranched alkanes of at least 4 members (excludes halogenated alkanes) is 1. The smallest absolute Gasteiger partial charge is 0.125 e. The highest BCUT2D eigenvalue weighted by atomic mass is 31.1. The Kier molecular flexibility index (Phi) is 14.4. The van der Waals surface area contributed by atoms with Crippen molar-refractivity contribution in [2.45, 2.75) is 47.5 Å². The van der Waals surface area contributed by atoms with Crippen LogP contribution in [0.5, 0.6) is 0 Å². The molecule has 0 aliphatic heterocycles. The van der Waals surface area contributed by atoms with Gasteiger partial charge < -0.3 is 0 Å². The molecule has 0 amide bonds. The Morgan fingerprint density at radius 3 is 2.36 bits per heavy atom. The molecule has 5 heteroatoms. The van der Waals surface area contributed by atoms with Crippen molar-refractivity contribution in [2.75, 3.05) is 19.8 Å². The van der Waals surface area contributed by atoms with Gasteiger partial charge in [0, 0.05) is 20.7 Å². The zero-order valence-corrected chi connectivity index (χ0v) is 19.0. The number of hydrogen-bond acceptors (Lipinski definition) is 2. The van der Waals surface area contributed by atoms with Gasteiger partial charge in [-0.25, -0.2) is 8.78 Å². The van der Waals surface area contributed by atoms with Crippen LogP contribution < -0.4 is 5.09 Å². The summed E-state index contributed by atoms with van der Waals surface area (Å²) in [4.78, 5) is 4.79. The normalized spacial score (nSPS) is 15.1. The average molecular weight is 409 g/mol. The summed E-state index contributed by atoms with van der Waals surface area (Å²) in [7, 11) is -0.534. The number of rotatable bonds is 12. The van der Waals surface area contributed by atoms with Crippen molar-refractivity contribution in [3.63, 3.8) is 0 Å². The van der Waals surface area contributed by atoms with E-state index >= 15 is 0 Å². The minimum atomic E-state index is -0.785. The topological polar surface area (TPSA) is 24.4 Å². The quantitative estimate of drug-likeness (QED) is 0.153. The fraction of sp³-hybridized carbons (Fsp3) is 0.435. The van der Waals surface area contributed by atoms with Crippen LogP contribution in [0.4, 0.5) is 8.78 Å². The van der Waals surface area contributed by atoms with E-state index in [1.807, 2.05) is 6.92 Å². The van der Waals surface area contributed by atoms with E-state index in [-0.39, 0.29) is 0 Å². The molecule has 0 spiro atoms. The first kappa shape index (κ1) is 26.4. The molecule has 0 saturated heterocycles. The van der Waals surface area contributed by atoms with E-state index < -0.39 is 19.7 Å². The van der Waals surface area contributed by atoms with Gasteiger partial charge in [0.15, 0.2) is 0 Å². The molecule has 1 unspecified atom stereocenters. The fourth-order valence-electron chi connectivity index (χ4n) is 2.38. The highest BCUT2D eigenvalue weighted by molar-refractivity contribution is 7.73. The van der Waals surface area contributed by atoms with E-state index in [0.717, 1.165) is 24.5 Å². The largest absolute Gasteiger partial charge is 0.291 e. The molecule has 0 fully saturated rings. The molecule has 0 radical (unpaired) electrons. The molecule has 0 aromatic carbocycles. The van der Waals surface area contributed by atoms with Crippen LogP contribution in [0.2, 0.25) is 0 Å². The third-order valence-corrected chi connectivity index (χ3v) is 5.42. The molecule has 0 aliphatic carbocycles. The van der Waals surface area contributed by atoms with Crippen LogP contribution in [-0.2, 0) is 0 Å². The van der Waals surface area contributed by atoms with Crippen molar-refractivity contribution in [3.8, 4) is 0 Å². The van der Waals surface area contributed by atoms with Crippen LogP contribution in [-0.4, -0.2) is 25.2 Å². The van der Waals surface area contributed by atoms with E-state index in [9.17, 15) is 8.78 Å². The minimum Gasteiger partial charge on any atom is -0.291 e. The van der Waals surface area contributed by atoms with Gasteiger partial charge >= 0.3 is 0 Å². The van der Waals surface area contributed by atoms with E-state index in [0.29, 0.717) is 13.0 Å². The number of nitrogens with one attached hydrogen (secondary N) is 1. The van der Waals surface area contributed by atoms with Gasteiger partial charge in [-0.05, 0) is 77.0 Å². The molecule has 0 bridgehead atoms. The Hall–Kier alpha value is -1.64. The summed E-state index contributed by atoms with van der Waals surface area (Å²) in [5, 5.41) is 3.47. The first-order chi connectivity index (χ1) is 13.2. The number of nitrogens with zero attached hydrogens (tertiary/aromatic N) is 1. The van der Waals surface area contributed by atoms with Crippen LogP contribution in [0.3, 0.4) is 0 Å². The molecule has 0 aliphatic rings. The second kappa shape index (κ2) is 15.3. The number of halogens is 2. The Labute approximate surface area is 171 Å². The maximum atomic E-state index is 13.2. The molecule has 0 saturated carbocycles. The molecule has 0 aromatic heterocycles. The van der Waals surface area contributed by atoms with Gasteiger partial charge in [0.05, 0.1) is 5.45 Å². The van der Waals surface area contributed by atoms with Crippen molar-refractivity contribution in [1.82, 2.24) is 5.09 Å². The van der Waals surface area contributed by atoms with Crippen molar-refractivity contribution >= 4 is 13.5 Å². The van der Waals surface area contributed by atoms with Gasteiger partial charge in [-0.15, -0.1) is 0 Å². The Bertz CT molecular complexity index is 679. The van der Waals surface area contributed by atoms with Crippen molar-refractivity contribution in [2.24, 2.45) is 4.99 Å². The van der Waals surface area contributed by atoms with Gasteiger partial charge in [-0.3, -0.25) is 10.1 Å². The van der Waals surface area contributed by atoms with Crippen molar-refractivity contribution in [3.05, 3.63) is 71.4 Å². The SMILES string of the molecule is C=C(F)/C=C(F)\C=C/CCC\N=C(/C=C(C)/C(C=C(C)C)=C/C)P(C)NCC. The number of hydrogen-bond donors (Lipinski definition) is 1. The van der Waals surface area contributed by atoms with Gasteiger partial charge in [0.25, 0.3) is 0 Å². The summed E-state index contributed by atoms with van der Waals surface area (Å²) in [5.74, 6) is -1.41. The standard InChI is InChI=1S/C23H35F2N2P/c1-8-21(15-18(3)4)19(5)16-23(28(7)27-9-2)26-14-12-10-11-13-22(25)17-20(6)24/h8,11,13,15-17,27H,6,9-10,12,14H2,1-5,7H3/b13-11-,19-16+,21-8+,22-17+,26-23+. The highest BCUT2D eigenvalue weighted by Gasteiger charge is 2.08. The lowest BCUT2D eigenvalue weighted by molar-refractivity contribution is 0.632. The predicted octanol–water partition coefficient (Wildman–Crippen LogP) is 7.55. The molecule has 0 aromatic rings. The van der Waals surface area contributed by atoms with Gasteiger partial charge in [-0.2, -0.15) is 0 Å². The average Bonchev–Trinajstić information content (AvgIpc) is 2.60. The lowest BCUT2D eigenvalue weighted by atomic mass is 10.1. The summed E-state index contributed by atoms with van der Waals surface area (Å²) in [5.41, 5.74) is 4.72. The van der Waals surface area contributed by atoms with Crippen molar-refractivity contribution < 1.29 is 8.78 Å². The molecular formula is C23H35F2N2P. The summed E-state index contributed by atoms with van der Waals surface area (Å²) in [6.07, 6.45) is 11.7. The lowest BCUT2D eigenvalue weighted by Crippen LogP contribution is -2.11. The lowest BCUT2D eigenvalue weighted by Gasteiger charge is -2.15. The zero-order chi connectivity index (χ0) is 21.5. The van der Waals surface area contributed by atoms with Crippen LogP contribution in [0.15, 0.2) is 76.4 Å². The summed E-state index contributed by atoms with van der Waals surface area (Å²) in [6, 6.07) is 0. The van der Waals surface area contributed by atoms with E-state index in [2.05, 4.69) is 64.3 Å². The van der Waals surface area contributed by atoms with Crippen LogP contribution in [0.25, 0.3) is 0 Å². The first-order valence-corrected chi connectivity index (χ1v) is 11.4. The fourth-order valence-corrected chi connectivity index (χ4v) is 3.71. The highest BCUT2D eigenvalue weighted by Crippen LogP contribution is 2.30. The third-order valence-electron chi connectivity index (χ3n) is 3.67. The van der Waals surface area contributed by atoms with Crippen molar-refractivity contribution in [1.29, 1.82) is 0 Å². The molecule has 156 valence electrons. The Morgan fingerprint density at radius 1 is 1.14 bits per heavy atom. The maximum absolute atomic E-state index is 13.2. The van der Waals surface area contributed by atoms with E-state index in [4.69, 9.17) is 4.99 Å². The second-order valence-electron chi connectivity index (χ2n) is 6.62. The summed E-state index contributed by atoms with van der Waals surface area (Å²) >= 11 is 0. The van der Waals surface area contributed by atoms with Crippen LogP contribution in [0.1, 0.15) is 47.5 Å². The summed E-state index contributed by atoms with van der Waals surface area (Å²) < 4.78 is 25.7. The third kappa shape index (κ3) is 12.7. The molecule has 0 rings (SSSR count). The predicted molar refractivity (Wildman–Crippen MR) is 124 cm³/mol. The second-order valence-corrected chi connectivity index (χ2v) is 8.52. The van der Waals surface area contributed by atoms with Gasteiger partial charge in [0.2, 0.25) is 0 Å². The molecule has 28 heavy (non-hydrogen) atoms. The first-order valence-electron chi connectivity index (χ1n) is 9.60. The Morgan fingerprint density at radius 2 is 1.82 bits per heavy atom. The monoisotopic (exact) mass is 408 g/mol. The van der Waals surface area contributed by atoms with Gasteiger partial charge in [-0.1, -0.05) is 37.3 Å². The maximum Gasteiger partial charge on any atom is 0.125 e. The number of aliphatic imine (C=N–C) groups is 1. The molecule has 1 atom stereocenters. The minimum absolute atomic E-state index is 0.534. The van der Waals surface area contributed by atoms with E-state index in [1.165, 1.54) is 22.8 Å². The summed E-state index contributed by atoms with van der Waals surface area (Å²) in [6.45, 7) is 17.2. The Balaban J connectivity index is 5.12. The molecule has 1 N–H and O–H groups in total. The molecule has 2 nitrogen and oxygen atoms in total.